The second-order valence-electron chi connectivity index (χ2n) is 4.21. The highest BCUT2D eigenvalue weighted by Crippen LogP contribution is 2.11. The number of rotatable bonds is 4. The molecule has 0 spiro atoms. The van der Waals surface area contributed by atoms with Crippen molar-refractivity contribution in [3.05, 3.63) is 0 Å². The highest BCUT2D eigenvalue weighted by Gasteiger charge is 2.14. The molecular formula is C12H24O5. The van der Waals surface area contributed by atoms with Crippen LogP contribution in [0.5, 0.6) is 0 Å². The molecule has 2 aliphatic rings. The van der Waals surface area contributed by atoms with Gasteiger partial charge in [-0.25, -0.2) is 0 Å². The van der Waals surface area contributed by atoms with Gasteiger partial charge in [0.15, 0.2) is 0 Å². The molecule has 5 nitrogen and oxygen atoms in total. The van der Waals surface area contributed by atoms with E-state index in [0.717, 1.165) is 26.4 Å². The van der Waals surface area contributed by atoms with Gasteiger partial charge in [-0.05, 0) is 6.42 Å². The van der Waals surface area contributed by atoms with Crippen molar-refractivity contribution in [2.75, 3.05) is 60.5 Å². The highest BCUT2D eigenvalue weighted by atomic mass is 16.6. The molecule has 0 aromatic carbocycles. The van der Waals surface area contributed by atoms with E-state index in [2.05, 4.69) is 0 Å². The van der Waals surface area contributed by atoms with Gasteiger partial charge in [0.05, 0.1) is 39.6 Å². The van der Waals surface area contributed by atoms with Gasteiger partial charge in [0.25, 0.3) is 0 Å². The summed E-state index contributed by atoms with van der Waals surface area (Å²) in [6, 6.07) is 0. The second kappa shape index (κ2) is 9.79. The van der Waals surface area contributed by atoms with Gasteiger partial charge in [0.2, 0.25) is 0 Å². The molecule has 0 aromatic heterocycles. The Hall–Kier alpha value is -0.200. The summed E-state index contributed by atoms with van der Waals surface area (Å²) in [5, 5.41) is 0. The number of ether oxygens (including phenoxy) is 5. The third kappa shape index (κ3) is 6.95. The zero-order valence-corrected chi connectivity index (χ0v) is 10.9. The molecule has 2 atom stereocenters. The van der Waals surface area contributed by atoms with E-state index in [1.807, 2.05) is 0 Å². The molecule has 0 radical (unpaired) electrons. The summed E-state index contributed by atoms with van der Waals surface area (Å²) in [5.74, 6) is 0.667. The molecular weight excluding hydrogens is 224 g/mol. The SMILES string of the molecule is COCC1CCOC1.COCC1COCCO1. The van der Waals surface area contributed by atoms with Crippen LogP contribution in [0.25, 0.3) is 0 Å². The third-order valence-corrected chi connectivity index (χ3v) is 2.66. The minimum atomic E-state index is 0.156. The van der Waals surface area contributed by atoms with Gasteiger partial charge in [0, 0.05) is 26.7 Å². The molecule has 102 valence electrons. The van der Waals surface area contributed by atoms with Crippen LogP contribution >= 0.6 is 0 Å². The zero-order chi connectivity index (χ0) is 12.3. The maximum Gasteiger partial charge on any atom is 0.104 e. The summed E-state index contributed by atoms with van der Waals surface area (Å²) < 4.78 is 25.3. The van der Waals surface area contributed by atoms with Gasteiger partial charge in [-0.15, -0.1) is 0 Å². The predicted octanol–water partition coefficient (Wildman–Crippen LogP) is 0.717. The molecule has 0 N–H and O–H groups in total. The Morgan fingerprint density at radius 2 is 1.71 bits per heavy atom. The van der Waals surface area contributed by atoms with Crippen LogP contribution in [-0.4, -0.2) is 66.6 Å². The minimum absolute atomic E-state index is 0.156. The Balaban J connectivity index is 0.000000171. The molecule has 2 saturated heterocycles. The van der Waals surface area contributed by atoms with Crippen molar-refractivity contribution < 1.29 is 23.7 Å². The molecule has 2 aliphatic heterocycles. The Morgan fingerprint density at radius 1 is 0.941 bits per heavy atom. The van der Waals surface area contributed by atoms with Crippen molar-refractivity contribution in [2.24, 2.45) is 5.92 Å². The van der Waals surface area contributed by atoms with Gasteiger partial charge in [0.1, 0.15) is 6.10 Å². The average molecular weight is 248 g/mol. The molecule has 17 heavy (non-hydrogen) atoms. The first kappa shape index (κ1) is 14.9. The van der Waals surface area contributed by atoms with E-state index in [9.17, 15) is 0 Å². The molecule has 2 unspecified atom stereocenters. The van der Waals surface area contributed by atoms with E-state index in [1.54, 1.807) is 14.2 Å². The van der Waals surface area contributed by atoms with Crippen LogP contribution in [0.2, 0.25) is 0 Å². The summed E-state index contributed by atoms with van der Waals surface area (Å²) in [7, 11) is 3.40. The molecule has 2 rings (SSSR count). The van der Waals surface area contributed by atoms with Crippen molar-refractivity contribution in [3.63, 3.8) is 0 Å². The summed E-state index contributed by atoms with van der Waals surface area (Å²) in [4.78, 5) is 0. The quantitative estimate of drug-likeness (QED) is 0.733. The topological polar surface area (TPSA) is 46.2 Å². The lowest BCUT2D eigenvalue weighted by Gasteiger charge is -2.21. The normalized spacial score (nSPS) is 28.6. The Kier molecular flexibility index (Phi) is 8.56. The van der Waals surface area contributed by atoms with Gasteiger partial charge in [-0.2, -0.15) is 0 Å². The lowest BCUT2D eigenvalue weighted by molar-refractivity contribution is -0.110. The smallest absolute Gasteiger partial charge is 0.104 e. The molecule has 0 aromatic rings. The molecule has 2 heterocycles. The maximum absolute atomic E-state index is 5.27. The van der Waals surface area contributed by atoms with Crippen LogP contribution in [0, 0.1) is 5.92 Å². The number of hydrogen-bond acceptors (Lipinski definition) is 5. The summed E-state index contributed by atoms with van der Waals surface area (Å²) >= 11 is 0. The van der Waals surface area contributed by atoms with E-state index in [4.69, 9.17) is 23.7 Å². The highest BCUT2D eigenvalue weighted by molar-refractivity contribution is 4.61. The molecule has 0 amide bonds. The minimum Gasteiger partial charge on any atom is -0.384 e. The van der Waals surface area contributed by atoms with Crippen molar-refractivity contribution >= 4 is 0 Å². The van der Waals surface area contributed by atoms with E-state index in [1.165, 1.54) is 6.42 Å². The molecule has 0 aliphatic carbocycles. The monoisotopic (exact) mass is 248 g/mol. The van der Waals surface area contributed by atoms with Crippen molar-refractivity contribution in [1.82, 2.24) is 0 Å². The fraction of sp³-hybridized carbons (Fsp3) is 1.00. The third-order valence-electron chi connectivity index (χ3n) is 2.66. The standard InChI is InChI=1S/C6H12O3.C6H12O2/c1-7-4-6-5-8-2-3-9-6;1-7-4-6-2-3-8-5-6/h6H,2-5H2,1H3;6H,2-5H2,1H3. The number of hydrogen-bond donors (Lipinski definition) is 0. The van der Waals surface area contributed by atoms with Crippen molar-refractivity contribution in [1.29, 1.82) is 0 Å². The fourth-order valence-electron chi connectivity index (χ4n) is 1.77. The lowest BCUT2D eigenvalue weighted by Crippen LogP contribution is -2.31. The summed E-state index contributed by atoms with van der Waals surface area (Å²) in [6.45, 7) is 5.42. The first-order chi connectivity index (χ1) is 8.36. The van der Waals surface area contributed by atoms with Gasteiger partial charge in [-0.3, -0.25) is 0 Å². The maximum atomic E-state index is 5.27. The summed E-state index contributed by atoms with van der Waals surface area (Å²) in [5.41, 5.74) is 0. The summed E-state index contributed by atoms with van der Waals surface area (Å²) in [6.07, 6.45) is 1.33. The second-order valence-corrected chi connectivity index (χ2v) is 4.21. The Bertz CT molecular complexity index is 162. The zero-order valence-electron chi connectivity index (χ0n) is 10.9. The van der Waals surface area contributed by atoms with Crippen molar-refractivity contribution in [3.8, 4) is 0 Å². The van der Waals surface area contributed by atoms with Crippen molar-refractivity contribution in [2.45, 2.75) is 12.5 Å². The van der Waals surface area contributed by atoms with Crippen LogP contribution < -0.4 is 0 Å². The van der Waals surface area contributed by atoms with E-state index in [-0.39, 0.29) is 6.10 Å². The van der Waals surface area contributed by atoms with Crippen LogP contribution in [-0.2, 0) is 23.7 Å². The van der Waals surface area contributed by atoms with Crippen LogP contribution in [0.4, 0.5) is 0 Å². The van der Waals surface area contributed by atoms with Crippen LogP contribution in [0.1, 0.15) is 6.42 Å². The predicted molar refractivity (Wildman–Crippen MR) is 63.2 cm³/mol. The molecule has 0 saturated carbocycles. The fourth-order valence-corrected chi connectivity index (χ4v) is 1.77. The van der Waals surface area contributed by atoms with Crippen LogP contribution in [0.3, 0.4) is 0 Å². The van der Waals surface area contributed by atoms with Crippen LogP contribution in [0.15, 0.2) is 0 Å². The average Bonchev–Trinajstić information content (AvgIpc) is 2.85. The Labute approximate surface area is 103 Å². The largest absolute Gasteiger partial charge is 0.384 e. The molecule has 2 fully saturated rings. The number of methoxy groups -OCH3 is 2. The van der Waals surface area contributed by atoms with E-state index < -0.39 is 0 Å². The molecule has 0 bridgehead atoms. The molecule has 5 heteroatoms. The first-order valence-corrected chi connectivity index (χ1v) is 6.11. The Morgan fingerprint density at radius 3 is 2.24 bits per heavy atom. The van der Waals surface area contributed by atoms with Gasteiger partial charge >= 0.3 is 0 Å². The van der Waals surface area contributed by atoms with Gasteiger partial charge < -0.3 is 23.7 Å². The van der Waals surface area contributed by atoms with Gasteiger partial charge in [-0.1, -0.05) is 0 Å². The lowest BCUT2D eigenvalue weighted by atomic mass is 10.1. The first-order valence-electron chi connectivity index (χ1n) is 6.11. The van der Waals surface area contributed by atoms with E-state index >= 15 is 0 Å². The van der Waals surface area contributed by atoms with E-state index in [0.29, 0.717) is 25.7 Å².